The second kappa shape index (κ2) is 12.1. The summed E-state index contributed by atoms with van der Waals surface area (Å²) in [5.41, 5.74) is 8.38. The van der Waals surface area contributed by atoms with Gasteiger partial charge in [-0.25, -0.2) is 4.99 Å². The second-order valence-corrected chi connectivity index (χ2v) is 7.32. The Labute approximate surface area is 206 Å². The van der Waals surface area contributed by atoms with E-state index in [1.54, 1.807) is 14.2 Å². The van der Waals surface area contributed by atoms with E-state index < -0.39 is 0 Å². The summed E-state index contributed by atoms with van der Waals surface area (Å²) in [4.78, 5) is 9.01. The number of anilines is 1. The quantitative estimate of drug-likeness (QED) is 0.313. The average Bonchev–Trinajstić information content (AvgIpc) is 2.78. The number of benzene rings is 2. The van der Waals surface area contributed by atoms with E-state index in [0.29, 0.717) is 36.4 Å². The van der Waals surface area contributed by atoms with Gasteiger partial charge in [0.2, 0.25) is 5.75 Å². The summed E-state index contributed by atoms with van der Waals surface area (Å²) in [6.45, 7) is 6.26. The molecule has 1 aliphatic heterocycles. The van der Waals surface area contributed by atoms with Crippen LogP contribution in [-0.2, 0) is 6.54 Å². The van der Waals surface area contributed by atoms with Crippen molar-refractivity contribution in [3.05, 3.63) is 47.0 Å². The lowest BCUT2D eigenvalue weighted by atomic mass is 10.2. The zero-order valence-electron chi connectivity index (χ0n) is 18.1. The normalized spacial score (nSPS) is 14.1. The molecule has 0 bridgehead atoms. The second-order valence-electron chi connectivity index (χ2n) is 6.89. The molecule has 2 aromatic rings. The highest BCUT2D eigenvalue weighted by Crippen LogP contribution is 2.38. The van der Waals surface area contributed by atoms with Crippen LogP contribution in [0, 0.1) is 0 Å². The van der Waals surface area contributed by atoms with Crippen molar-refractivity contribution in [2.45, 2.75) is 13.5 Å². The van der Waals surface area contributed by atoms with E-state index in [2.05, 4.69) is 14.8 Å². The van der Waals surface area contributed by atoms with Crippen LogP contribution in [0.1, 0.15) is 12.5 Å². The molecule has 9 heteroatoms. The third-order valence-electron chi connectivity index (χ3n) is 5.03. The zero-order valence-corrected chi connectivity index (χ0v) is 21.2. The number of halogens is 2. The molecule has 1 heterocycles. The maximum absolute atomic E-state index is 6.27. The topological polar surface area (TPSA) is 72.6 Å². The van der Waals surface area contributed by atoms with Gasteiger partial charge in [-0.3, -0.25) is 0 Å². The monoisotopic (exact) mass is 560 g/mol. The van der Waals surface area contributed by atoms with E-state index in [9.17, 15) is 0 Å². The molecule has 1 aliphatic rings. The highest BCUT2D eigenvalue weighted by atomic mass is 127. The van der Waals surface area contributed by atoms with Crippen LogP contribution < -0.4 is 24.8 Å². The van der Waals surface area contributed by atoms with Crippen molar-refractivity contribution in [2.75, 3.05) is 51.9 Å². The number of aliphatic imine (C=N–C) groups is 1. The molecular weight excluding hydrogens is 531 g/mol. The first-order valence-corrected chi connectivity index (χ1v) is 10.4. The molecule has 2 N–H and O–H groups in total. The van der Waals surface area contributed by atoms with Crippen molar-refractivity contribution in [2.24, 2.45) is 10.7 Å². The number of nitrogens with zero attached hydrogens (tertiary/aromatic N) is 3. The number of methoxy groups -OCH3 is 2. The van der Waals surface area contributed by atoms with Gasteiger partial charge in [0.05, 0.1) is 27.4 Å². The van der Waals surface area contributed by atoms with Gasteiger partial charge in [0.15, 0.2) is 17.5 Å². The Kier molecular flexibility index (Phi) is 9.83. The van der Waals surface area contributed by atoms with Crippen LogP contribution in [0.5, 0.6) is 17.2 Å². The SMILES string of the molecule is CCOc1c(OC)cc(CN=C(N)N2CCN(c3ccc(Cl)cc3)CC2)cc1OC.I. The molecule has 31 heavy (non-hydrogen) atoms. The Morgan fingerprint density at radius 3 is 2.13 bits per heavy atom. The van der Waals surface area contributed by atoms with Gasteiger partial charge in [0, 0.05) is 36.9 Å². The van der Waals surface area contributed by atoms with Crippen LogP contribution in [-0.4, -0.2) is 57.9 Å². The van der Waals surface area contributed by atoms with Crippen LogP contribution in [0.3, 0.4) is 0 Å². The molecule has 0 aromatic heterocycles. The van der Waals surface area contributed by atoms with Gasteiger partial charge in [-0.05, 0) is 48.9 Å². The molecule has 0 unspecified atom stereocenters. The predicted molar refractivity (Wildman–Crippen MR) is 137 cm³/mol. The number of hydrogen-bond acceptors (Lipinski definition) is 5. The first-order chi connectivity index (χ1) is 14.5. The lowest BCUT2D eigenvalue weighted by molar-refractivity contribution is 0.288. The fourth-order valence-corrected chi connectivity index (χ4v) is 3.56. The maximum Gasteiger partial charge on any atom is 0.203 e. The minimum absolute atomic E-state index is 0. The van der Waals surface area contributed by atoms with Gasteiger partial charge in [-0.2, -0.15) is 0 Å². The number of guanidine groups is 1. The van der Waals surface area contributed by atoms with Crippen LogP contribution in [0.25, 0.3) is 0 Å². The van der Waals surface area contributed by atoms with E-state index in [-0.39, 0.29) is 24.0 Å². The van der Waals surface area contributed by atoms with E-state index in [1.807, 2.05) is 43.3 Å². The molecule has 0 amide bonds. The number of nitrogens with two attached hydrogens (primary N) is 1. The van der Waals surface area contributed by atoms with E-state index >= 15 is 0 Å². The van der Waals surface area contributed by atoms with Crippen molar-refractivity contribution in [3.8, 4) is 17.2 Å². The molecule has 0 radical (unpaired) electrons. The molecule has 0 atom stereocenters. The Morgan fingerprint density at radius 1 is 1.03 bits per heavy atom. The predicted octanol–water partition coefficient (Wildman–Crippen LogP) is 4.01. The third kappa shape index (κ3) is 6.46. The summed E-state index contributed by atoms with van der Waals surface area (Å²) < 4.78 is 16.6. The number of rotatable bonds is 7. The van der Waals surface area contributed by atoms with Crippen molar-refractivity contribution < 1.29 is 14.2 Å². The Morgan fingerprint density at radius 2 is 1.61 bits per heavy atom. The summed E-state index contributed by atoms with van der Waals surface area (Å²) in [7, 11) is 3.22. The summed E-state index contributed by atoms with van der Waals surface area (Å²) in [6.07, 6.45) is 0. The van der Waals surface area contributed by atoms with Gasteiger partial charge in [-0.1, -0.05) is 11.6 Å². The van der Waals surface area contributed by atoms with E-state index in [1.165, 1.54) is 5.69 Å². The molecule has 0 spiro atoms. The Hall–Kier alpha value is -2.07. The zero-order chi connectivity index (χ0) is 21.5. The maximum atomic E-state index is 6.27. The molecule has 2 aromatic carbocycles. The number of piperazine rings is 1. The van der Waals surface area contributed by atoms with Gasteiger partial charge >= 0.3 is 0 Å². The van der Waals surface area contributed by atoms with Crippen LogP contribution in [0.2, 0.25) is 5.02 Å². The minimum atomic E-state index is 0. The molecule has 1 saturated heterocycles. The molecule has 3 rings (SSSR count). The van der Waals surface area contributed by atoms with Crippen molar-refractivity contribution in [1.29, 1.82) is 0 Å². The van der Waals surface area contributed by atoms with Crippen LogP contribution in [0.4, 0.5) is 5.69 Å². The summed E-state index contributed by atoms with van der Waals surface area (Å²) in [6, 6.07) is 11.7. The largest absolute Gasteiger partial charge is 0.493 e. The van der Waals surface area contributed by atoms with Crippen molar-refractivity contribution >= 4 is 47.2 Å². The summed E-state index contributed by atoms with van der Waals surface area (Å²) >= 11 is 5.98. The first-order valence-electron chi connectivity index (χ1n) is 9.98. The molecule has 7 nitrogen and oxygen atoms in total. The fourth-order valence-electron chi connectivity index (χ4n) is 3.43. The minimum Gasteiger partial charge on any atom is -0.493 e. The smallest absolute Gasteiger partial charge is 0.203 e. The van der Waals surface area contributed by atoms with Gasteiger partial charge in [-0.15, -0.1) is 24.0 Å². The van der Waals surface area contributed by atoms with Crippen molar-refractivity contribution in [1.82, 2.24) is 4.90 Å². The highest BCUT2D eigenvalue weighted by molar-refractivity contribution is 14.0. The van der Waals surface area contributed by atoms with E-state index in [0.717, 1.165) is 36.8 Å². The number of ether oxygens (including phenoxy) is 3. The van der Waals surface area contributed by atoms with E-state index in [4.69, 9.17) is 31.5 Å². The van der Waals surface area contributed by atoms with Gasteiger partial charge in [0.1, 0.15) is 0 Å². The first kappa shape index (κ1) is 25.2. The van der Waals surface area contributed by atoms with Crippen LogP contribution >= 0.6 is 35.6 Å². The standard InChI is InChI=1S/C22H29ClN4O3.HI/c1-4-30-21-19(28-2)13-16(14-20(21)29-3)15-25-22(24)27-11-9-26(10-12-27)18-7-5-17(23)6-8-18;/h5-8,13-14H,4,9-12,15H2,1-3H3,(H2,24,25);1H. The summed E-state index contributed by atoms with van der Waals surface area (Å²) in [5, 5.41) is 0.747. The molecule has 170 valence electrons. The molecule has 1 fully saturated rings. The lowest BCUT2D eigenvalue weighted by Crippen LogP contribution is -2.51. The molecule has 0 aliphatic carbocycles. The molecule has 0 saturated carbocycles. The lowest BCUT2D eigenvalue weighted by Gasteiger charge is -2.36. The van der Waals surface area contributed by atoms with Gasteiger partial charge in [0.25, 0.3) is 0 Å². The van der Waals surface area contributed by atoms with Gasteiger partial charge < -0.3 is 29.7 Å². The highest BCUT2D eigenvalue weighted by Gasteiger charge is 2.19. The Bertz CT molecular complexity index is 847. The van der Waals surface area contributed by atoms with Crippen molar-refractivity contribution in [3.63, 3.8) is 0 Å². The summed E-state index contributed by atoms with van der Waals surface area (Å²) in [5.74, 6) is 2.38. The number of hydrogen-bond donors (Lipinski definition) is 1. The molecular formula is C22H30ClIN4O3. The third-order valence-corrected chi connectivity index (χ3v) is 5.28. The Balaban J connectivity index is 0.00000341. The fraction of sp³-hybridized carbons (Fsp3) is 0.409. The average molecular weight is 561 g/mol. The van der Waals surface area contributed by atoms with Crippen LogP contribution in [0.15, 0.2) is 41.4 Å².